The van der Waals surface area contributed by atoms with Crippen molar-refractivity contribution in [3.05, 3.63) is 83.1 Å². The lowest BCUT2D eigenvalue weighted by atomic mass is 10.0. The van der Waals surface area contributed by atoms with Gasteiger partial charge in [0.15, 0.2) is 5.78 Å². The summed E-state index contributed by atoms with van der Waals surface area (Å²) in [6.45, 7) is 0. The number of hydrogen-bond donors (Lipinski definition) is 2. The first-order valence-corrected chi connectivity index (χ1v) is 10.1. The zero-order chi connectivity index (χ0) is 21.8. The first-order chi connectivity index (χ1) is 15.0. The average Bonchev–Trinajstić information content (AvgIpc) is 2.79. The van der Waals surface area contributed by atoms with Crippen LogP contribution in [0, 0.1) is 0 Å². The Hall–Kier alpha value is -3.64. The molecule has 6 nitrogen and oxygen atoms in total. The number of carbonyl (C=O) groups excluding carboxylic acids is 1. The third-order valence-electron chi connectivity index (χ3n) is 5.01. The van der Waals surface area contributed by atoms with Gasteiger partial charge in [-0.15, -0.1) is 0 Å². The molecule has 156 valence electrons. The van der Waals surface area contributed by atoms with E-state index in [1.165, 1.54) is 6.20 Å². The van der Waals surface area contributed by atoms with Crippen LogP contribution < -0.4 is 15.8 Å². The Balaban J connectivity index is 1.52. The van der Waals surface area contributed by atoms with E-state index in [9.17, 15) is 4.79 Å². The molecule has 0 saturated carbocycles. The number of methoxy groups -OCH3 is 1. The molecule has 0 saturated heterocycles. The molecular weight excluding hydrogens is 412 g/mol. The van der Waals surface area contributed by atoms with Crippen LogP contribution in [-0.4, -0.2) is 22.9 Å². The fourth-order valence-corrected chi connectivity index (χ4v) is 3.52. The number of nitrogens with zero attached hydrogens (tertiary/aromatic N) is 2. The number of nitrogens with two attached hydrogens (primary N) is 1. The minimum Gasteiger partial charge on any atom is -0.497 e. The van der Waals surface area contributed by atoms with Gasteiger partial charge in [-0.05, 0) is 53.8 Å². The number of hydrogen-bond acceptors (Lipinski definition) is 6. The van der Waals surface area contributed by atoms with Crippen LogP contribution in [0.25, 0.3) is 10.8 Å². The minimum atomic E-state index is -0.0413. The van der Waals surface area contributed by atoms with E-state index in [0.29, 0.717) is 35.1 Å². The Morgan fingerprint density at radius 3 is 2.68 bits per heavy atom. The van der Waals surface area contributed by atoms with E-state index in [4.69, 9.17) is 22.1 Å². The molecule has 0 spiro atoms. The lowest BCUT2D eigenvalue weighted by Crippen LogP contribution is -2.07. The maximum atomic E-state index is 13.0. The molecule has 2 aromatic carbocycles. The summed E-state index contributed by atoms with van der Waals surface area (Å²) < 4.78 is 5.18. The van der Waals surface area contributed by atoms with Crippen molar-refractivity contribution in [3.63, 3.8) is 0 Å². The highest BCUT2D eigenvalue weighted by atomic mass is 35.5. The van der Waals surface area contributed by atoms with E-state index in [2.05, 4.69) is 15.3 Å². The van der Waals surface area contributed by atoms with Crippen LogP contribution in [0.15, 0.2) is 67.0 Å². The van der Waals surface area contributed by atoms with Crippen LogP contribution in [0.5, 0.6) is 5.75 Å². The van der Waals surface area contributed by atoms with Crippen molar-refractivity contribution in [2.45, 2.75) is 12.8 Å². The normalized spacial score (nSPS) is 10.8. The molecule has 0 amide bonds. The van der Waals surface area contributed by atoms with Crippen LogP contribution >= 0.6 is 11.6 Å². The van der Waals surface area contributed by atoms with Gasteiger partial charge in [-0.3, -0.25) is 4.79 Å². The van der Waals surface area contributed by atoms with Gasteiger partial charge in [0.1, 0.15) is 17.4 Å². The molecule has 0 bridgehead atoms. The van der Waals surface area contributed by atoms with E-state index in [1.54, 1.807) is 19.4 Å². The third kappa shape index (κ3) is 4.75. The summed E-state index contributed by atoms with van der Waals surface area (Å²) in [5, 5.41) is 5.52. The summed E-state index contributed by atoms with van der Waals surface area (Å²) in [6, 6.07) is 16.9. The number of ketones is 1. The quantitative estimate of drug-likeness (QED) is 0.378. The Bertz CT molecular complexity index is 1240. The minimum absolute atomic E-state index is 0.0413. The van der Waals surface area contributed by atoms with E-state index in [0.717, 1.165) is 27.8 Å². The van der Waals surface area contributed by atoms with Crippen LogP contribution in [-0.2, 0) is 6.42 Å². The molecule has 2 heterocycles. The van der Waals surface area contributed by atoms with E-state index >= 15 is 0 Å². The number of pyridine rings is 2. The summed E-state index contributed by atoms with van der Waals surface area (Å²) in [6.07, 6.45) is 4.12. The van der Waals surface area contributed by atoms with Crippen molar-refractivity contribution >= 4 is 45.5 Å². The number of benzene rings is 2. The number of rotatable bonds is 7. The Morgan fingerprint density at radius 2 is 1.90 bits per heavy atom. The zero-order valence-electron chi connectivity index (χ0n) is 16.9. The standard InChI is InChI=1S/C24H21ClN4O2/c1-31-19-6-4-18(5-7-19)29-24-21(13-17(25)14-28-24)22(30)9-3-15-2-8-20-16(12-15)10-11-27-23(20)26/h2,4-8,10-14H,3,9H2,1H3,(H2,26,27)(H,28,29). The largest absolute Gasteiger partial charge is 0.497 e. The summed E-state index contributed by atoms with van der Waals surface area (Å²) in [5.41, 5.74) is 8.22. The molecular formula is C24H21ClN4O2. The van der Waals surface area contributed by atoms with Crippen molar-refractivity contribution in [2.75, 3.05) is 18.2 Å². The second kappa shape index (κ2) is 9.02. The first-order valence-electron chi connectivity index (χ1n) is 9.76. The fourth-order valence-electron chi connectivity index (χ4n) is 3.36. The molecule has 2 aromatic heterocycles. The predicted molar refractivity (Wildman–Crippen MR) is 124 cm³/mol. The monoisotopic (exact) mass is 432 g/mol. The average molecular weight is 433 g/mol. The number of nitrogen functional groups attached to an aromatic ring is 1. The summed E-state index contributed by atoms with van der Waals surface area (Å²) >= 11 is 6.12. The lowest BCUT2D eigenvalue weighted by molar-refractivity contribution is 0.0983. The van der Waals surface area contributed by atoms with Crippen molar-refractivity contribution in [1.29, 1.82) is 0 Å². The van der Waals surface area contributed by atoms with Gasteiger partial charge in [0.2, 0.25) is 0 Å². The van der Waals surface area contributed by atoms with Crippen molar-refractivity contribution in [2.24, 2.45) is 0 Å². The smallest absolute Gasteiger partial charge is 0.166 e. The maximum absolute atomic E-state index is 13.0. The lowest BCUT2D eigenvalue weighted by Gasteiger charge is -2.12. The number of nitrogens with one attached hydrogen (secondary N) is 1. The Kier molecular flexibility index (Phi) is 6.00. The topological polar surface area (TPSA) is 90.1 Å². The molecule has 0 radical (unpaired) electrons. The van der Waals surface area contributed by atoms with Gasteiger partial charge >= 0.3 is 0 Å². The molecule has 0 aliphatic heterocycles. The molecule has 4 rings (SSSR count). The molecule has 0 aliphatic rings. The van der Waals surface area contributed by atoms with Gasteiger partial charge < -0.3 is 15.8 Å². The molecule has 4 aromatic rings. The highest BCUT2D eigenvalue weighted by molar-refractivity contribution is 6.31. The number of halogens is 1. The third-order valence-corrected chi connectivity index (χ3v) is 5.21. The molecule has 31 heavy (non-hydrogen) atoms. The van der Waals surface area contributed by atoms with Gasteiger partial charge in [-0.1, -0.05) is 29.8 Å². The van der Waals surface area contributed by atoms with Crippen molar-refractivity contribution in [3.8, 4) is 5.75 Å². The van der Waals surface area contributed by atoms with Crippen LogP contribution in [0.2, 0.25) is 5.02 Å². The van der Waals surface area contributed by atoms with E-state index < -0.39 is 0 Å². The SMILES string of the molecule is COc1ccc(Nc2ncc(Cl)cc2C(=O)CCc2ccc3c(N)nccc3c2)cc1. The summed E-state index contributed by atoms with van der Waals surface area (Å²) in [4.78, 5) is 21.4. The van der Waals surface area contributed by atoms with Crippen molar-refractivity contribution in [1.82, 2.24) is 9.97 Å². The molecule has 0 atom stereocenters. The number of carbonyl (C=O) groups is 1. The van der Waals surface area contributed by atoms with E-state index in [1.807, 2.05) is 48.5 Å². The molecule has 0 fully saturated rings. The van der Waals surface area contributed by atoms with Crippen LogP contribution in [0.4, 0.5) is 17.3 Å². The van der Waals surface area contributed by atoms with Gasteiger partial charge in [0.25, 0.3) is 0 Å². The fraction of sp³-hybridized carbons (Fsp3) is 0.125. The highest BCUT2D eigenvalue weighted by Gasteiger charge is 2.15. The number of aromatic nitrogens is 2. The number of anilines is 3. The first kappa shape index (κ1) is 20.6. The van der Waals surface area contributed by atoms with Gasteiger partial charge in [-0.2, -0.15) is 0 Å². The van der Waals surface area contributed by atoms with E-state index in [-0.39, 0.29) is 5.78 Å². The number of fused-ring (bicyclic) bond motifs is 1. The molecule has 0 unspecified atom stereocenters. The predicted octanol–water partition coefficient (Wildman–Crippen LogP) is 5.43. The number of ether oxygens (including phenoxy) is 1. The second-order valence-corrected chi connectivity index (χ2v) is 7.51. The molecule has 7 heteroatoms. The van der Waals surface area contributed by atoms with Gasteiger partial charge in [-0.25, -0.2) is 9.97 Å². The number of Topliss-reactive ketones (excluding diaryl/α,β-unsaturated/α-hetero) is 1. The Morgan fingerprint density at radius 1 is 1.10 bits per heavy atom. The summed E-state index contributed by atoms with van der Waals surface area (Å²) in [5.74, 6) is 1.68. The van der Waals surface area contributed by atoms with Gasteiger partial charge in [0.05, 0.1) is 17.7 Å². The molecule has 0 aliphatic carbocycles. The molecule has 3 N–H and O–H groups in total. The Labute approximate surface area is 185 Å². The van der Waals surface area contributed by atoms with Crippen LogP contribution in [0.1, 0.15) is 22.3 Å². The van der Waals surface area contributed by atoms with Crippen LogP contribution in [0.3, 0.4) is 0 Å². The second-order valence-electron chi connectivity index (χ2n) is 7.08. The summed E-state index contributed by atoms with van der Waals surface area (Å²) in [7, 11) is 1.61. The number of aryl methyl sites for hydroxylation is 1. The van der Waals surface area contributed by atoms with Gasteiger partial charge in [0, 0.05) is 29.9 Å². The maximum Gasteiger partial charge on any atom is 0.166 e. The zero-order valence-corrected chi connectivity index (χ0v) is 17.7. The highest BCUT2D eigenvalue weighted by Crippen LogP contribution is 2.26. The van der Waals surface area contributed by atoms with Crippen molar-refractivity contribution < 1.29 is 9.53 Å².